The first-order valence-electron chi connectivity index (χ1n) is 4.98. The van der Waals surface area contributed by atoms with Gasteiger partial charge < -0.3 is 16.2 Å². The number of rotatable bonds is 4. The predicted octanol–water partition coefficient (Wildman–Crippen LogP) is 1.81. The third kappa shape index (κ3) is 2.87. The molecule has 0 aliphatic carbocycles. The molecule has 1 aromatic rings. The van der Waals surface area contributed by atoms with Crippen LogP contribution < -0.4 is 11.5 Å². The molecule has 0 aliphatic rings. The van der Waals surface area contributed by atoms with E-state index in [0.717, 1.165) is 12.8 Å². The molecule has 1 rings (SSSR count). The molecule has 1 aromatic carbocycles. The molecule has 0 heterocycles. The highest BCUT2D eigenvalue weighted by Crippen LogP contribution is 2.19. The fourth-order valence-corrected chi connectivity index (χ4v) is 1.21. The monoisotopic (exact) mass is 208 g/mol. The number of esters is 1. The summed E-state index contributed by atoms with van der Waals surface area (Å²) in [4.78, 5) is 11.6. The quantitative estimate of drug-likeness (QED) is 0.449. The topological polar surface area (TPSA) is 78.3 Å². The van der Waals surface area contributed by atoms with Crippen LogP contribution in [0.1, 0.15) is 30.1 Å². The lowest BCUT2D eigenvalue weighted by Crippen LogP contribution is -2.11. The molecular formula is C11H16N2O2. The van der Waals surface area contributed by atoms with E-state index in [0.29, 0.717) is 18.0 Å². The molecule has 0 atom stereocenters. The third-order valence-electron chi connectivity index (χ3n) is 2.06. The number of benzene rings is 1. The van der Waals surface area contributed by atoms with E-state index in [1.807, 2.05) is 6.92 Å². The zero-order chi connectivity index (χ0) is 11.3. The molecule has 0 aromatic heterocycles. The van der Waals surface area contributed by atoms with Crippen LogP contribution in [0.25, 0.3) is 0 Å². The van der Waals surface area contributed by atoms with E-state index < -0.39 is 5.97 Å². The van der Waals surface area contributed by atoms with Crippen molar-refractivity contribution in [1.29, 1.82) is 0 Å². The van der Waals surface area contributed by atoms with Crippen LogP contribution in [-0.2, 0) is 4.74 Å². The van der Waals surface area contributed by atoms with Crippen molar-refractivity contribution in [2.24, 2.45) is 0 Å². The summed E-state index contributed by atoms with van der Waals surface area (Å²) in [5.74, 6) is -0.445. The summed E-state index contributed by atoms with van der Waals surface area (Å²) in [5, 5.41) is 0. The van der Waals surface area contributed by atoms with Crippen molar-refractivity contribution in [3.05, 3.63) is 23.8 Å². The van der Waals surface area contributed by atoms with E-state index in [-0.39, 0.29) is 5.56 Å². The van der Waals surface area contributed by atoms with Crippen LogP contribution in [0.5, 0.6) is 0 Å². The van der Waals surface area contributed by atoms with Gasteiger partial charge >= 0.3 is 5.97 Å². The zero-order valence-electron chi connectivity index (χ0n) is 8.82. The van der Waals surface area contributed by atoms with Crippen molar-refractivity contribution < 1.29 is 9.53 Å². The Morgan fingerprint density at radius 1 is 1.33 bits per heavy atom. The van der Waals surface area contributed by atoms with E-state index in [9.17, 15) is 4.79 Å². The summed E-state index contributed by atoms with van der Waals surface area (Å²) < 4.78 is 5.03. The number of nitrogens with two attached hydrogens (primary N) is 2. The second-order valence-electron chi connectivity index (χ2n) is 3.30. The van der Waals surface area contributed by atoms with Gasteiger partial charge in [0.25, 0.3) is 0 Å². The molecule has 4 heteroatoms. The molecule has 4 nitrogen and oxygen atoms in total. The van der Waals surface area contributed by atoms with Crippen molar-refractivity contribution in [1.82, 2.24) is 0 Å². The summed E-state index contributed by atoms with van der Waals surface area (Å²) >= 11 is 0. The van der Waals surface area contributed by atoms with Gasteiger partial charge in [0.2, 0.25) is 0 Å². The number of hydrogen-bond acceptors (Lipinski definition) is 4. The smallest absolute Gasteiger partial charge is 0.342 e. The molecule has 15 heavy (non-hydrogen) atoms. The van der Waals surface area contributed by atoms with Crippen molar-refractivity contribution in [3.8, 4) is 0 Å². The second-order valence-corrected chi connectivity index (χ2v) is 3.30. The fourth-order valence-electron chi connectivity index (χ4n) is 1.21. The van der Waals surface area contributed by atoms with Gasteiger partial charge in [-0.15, -0.1) is 0 Å². The fraction of sp³-hybridized carbons (Fsp3) is 0.364. The summed E-state index contributed by atoms with van der Waals surface area (Å²) in [7, 11) is 0. The first-order valence-corrected chi connectivity index (χ1v) is 4.98. The number of carbonyl (C=O) groups excluding carboxylic acids is 1. The van der Waals surface area contributed by atoms with E-state index in [1.165, 1.54) is 0 Å². The number of anilines is 2. The van der Waals surface area contributed by atoms with Gasteiger partial charge in [-0.2, -0.15) is 0 Å². The minimum Gasteiger partial charge on any atom is -0.462 e. The van der Waals surface area contributed by atoms with Crippen molar-refractivity contribution in [2.75, 3.05) is 18.1 Å². The van der Waals surface area contributed by atoms with Gasteiger partial charge in [0.15, 0.2) is 0 Å². The highest BCUT2D eigenvalue weighted by Gasteiger charge is 2.14. The summed E-state index contributed by atoms with van der Waals surface area (Å²) in [6.45, 7) is 2.43. The van der Waals surface area contributed by atoms with Crippen LogP contribution in [0.15, 0.2) is 18.2 Å². The Labute approximate surface area is 89.2 Å². The molecule has 82 valence electrons. The maximum atomic E-state index is 11.6. The molecule has 4 N–H and O–H groups in total. The average Bonchev–Trinajstić information content (AvgIpc) is 2.18. The highest BCUT2D eigenvalue weighted by atomic mass is 16.5. The van der Waals surface area contributed by atoms with Crippen molar-refractivity contribution in [2.45, 2.75) is 19.8 Å². The maximum Gasteiger partial charge on any atom is 0.342 e. The second kappa shape index (κ2) is 5.24. The summed E-state index contributed by atoms with van der Waals surface area (Å²) in [6.07, 6.45) is 1.82. The lowest BCUT2D eigenvalue weighted by atomic mass is 10.1. The molecule has 0 saturated heterocycles. The minimum absolute atomic E-state index is 0.272. The van der Waals surface area contributed by atoms with Gasteiger partial charge in [-0.25, -0.2) is 4.79 Å². The van der Waals surface area contributed by atoms with E-state index in [1.54, 1.807) is 18.2 Å². The molecular weight excluding hydrogens is 192 g/mol. The highest BCUT2D eigenvalue weighted by molar-refractivity contribution is 6.00. The normalized spacial score (nSPS) is 9.93. The Balaban J connectivity index is 2.73. The van der Waals surface area contributed by atoms with Crippen LogP contribution in [0.2, 0.25) is 0 Å². The molecule has 0 aliphatic heterocycles. The van der Waals surface area contributed by atoms with Gasteiger partial charge in [0.1, 0.15) is 5.56 Å². The average molecular weight is 208 g/mol. The van der Waals surface area contributed by atoms with Crippen molar-refractivity contribution >= 4 is 17.3 Å². The van der Waals surface area contributed by atoms with E-state index >= 15 is 0 Å². The van der Waals surface area contributed by atoms with Crippen LogP contribution in [0, 0.1) is 0 Å². The molecule has 0 unspecified atom stereocenters. The van der Waals surface area contributed by atoms with Crippen molar-refractivity contribution in [3.63, 3.8) is 0 Å². The number of hydrogen-bond donors (Lipinski definition) is 2. The predicted molar refractivity (Wildman–Crippen MR) is 60.5 cm³/mol. The van der Waals surface area contributed by atoms with Gasteiger partial charge in [-0.05, 0) is 18.6 Å². The zero-order valence-corrected chi connectivity index (χ0v) is 8.82. The van der Waals surface area contributed by atoms with Gasteiger partial charge in [0.05, 0.1) is 6.61 Å². The summed E-state index contributed by atoms with van der Waals surface area (Å²) in [6, 6.07) is 4.97. The molecule has 0 bridgehead atoms. The maximum absolute atomic E-state index is 11.6. The van der Waals surface area contributed by atoms with Crippen LogP contribution in [0.3, 0.4) is 0 Å². The van der Waals surface area contributed by atoms with Gasteiger partial charge in [0, 0.05) is 11.4 Å². The molecule has 0 spiro atoms. The van der Waals surface area contributed by atoms with Gasteiger partial charge in [-0.3, -0.25) is 0 Å². The Morgan fingerprint density at radius 2 is 1.93 bits per heavy atom. The number of ether oxygens (including phenoxy) is 1. The number of unbranched alkanes of at least 4 members (excludes halogenated alkanes) is 1. The van der Waals surface area contributed by atoms with Crippen LogP contribution in [-0.4, -0.2) is 12.6 Å². The van der Waals surface area contributed by atoms with E-state index in [2.05, 4.69) is 0 Å². The SMILES string of the molecule is CCCCOC(=O)c1c(N)cccc1N. The molecule has 0 saturated carbocycles. The molecule has 0 amide bonds. The Kier molecular flexibility index (Phi) is 3.97. The minimum atomic E-state index is -0.445. The number of carbonyl (C=O) groups is 1. The molecule has 0 fully saturated rings. The Bertz CT molecular complexity index is 330. The molecule has 0 radical (unpaired) electrons. The van der Waals surface area contributed by atoms with E-state index in [4.69, 9.17) is 16.2 Å². The van der Waals surface area contributed by atoms with Gasteiger partial charge in [-0.1, -0.05) is 19.4 Å². The first kappa shape index (κ1) is 11.4. The Hall–Kier alpha value is -1.71. The first-order chi connectivity index (χ1) is 7.16. The lowest BCUT2D eigenvalue weighted by molar-refractivity contribution is 0.0502. The van der Waals surface area contributed by atoms with Crippen LogP contribution >= 0.6 is 0 Å². The number of nitrogen functional groups attached to an aromatic ring is 2. The summed E-state index contributed by atoms with van der Waals surface area (Å²) in [5.41, 5.74) is 12.3. The van der Waals surface area contributed by atoms with Crippen LogP contribution in [0.4, 0.5) is 11.4 Å². The largest absolute Gasteiger partial charge is 0.462 e. The third-order valence-corrected chi connectivity index (χ3v) is 2.06. The Morgan fingerprint density at radius 3 is 2.47 bits per heavy atom. The lowest BCUT2D eigenvalue weighted by Gasteiger charge is -2.08. The standard InChI is InChI=1S/C11H16N2O2/c1-2-3-7-15-11(14)10-8(12)5-4-6-9(10)13/h4-6H,2-3,7,12-13H2,1H3.